The fraction of sp³-hybridized carbons (Fsp3) is 0.333. The molecule has 1 fully saturated rings. The zero-order chi connectivity index (χ0) is 20.1. The van der Waals surface area contributed by atoms with Crippen molar-refractivity contribution in [2.24, 2.45) is 5.92 Å². The van der Waals surface area contributed by atoms with E-state index in [2.05, 4.69) is 15.6 Å². The number of amides is 3. The number of benzene rings is 1. The fourth-order valence-electron chi connectivity index (χ4n) is 3.14. The average Bonchev–Trinajstić information content (AvgIpc) is 3.10. The minimum absolute atomic E-state index is 0.00999. The molecule has 3 rings (SSSR count). The Morgan fingerprint density at radius 2 is 1.96 bits per heavy atom. The van der Waals surface area contributed by atoms with E-state index in [1.54, 1.807) is 41.6 Å². The lowest BCUT2D eigenvalue weighted by Crippen LogP contribution is -2.33. The van der Waals surface area contributed by atoms with Crippen LogP contribution in [0.15, 0.2) is 48.8 Å². The summed E-state index contributed by atoms with van der Waals surface area (Å²) in [6.07, 6.45) is 3.62. The number of nitrogens with zero attached hydrogens (tertiary/aromatic N) is 2. The first kappa shape index (κ1) is 19.5. The molecule has 146 valence electrons. The second kappa shape index (κ2) is 8.65. The monoisotopic (exact) mass is 380 g/mol. The Kier molecular flexibility index (Phi) is 6.03. The number of likely N-dealkylation sites (tertiary alicyclic amines) is 1. The minimum Gasteiger partial charge on any atom is -0.348 e. The molecule has 2 N–H and O–H groups in total. The molecule has 0 aliphatic carbocycles. The van der Waals surface area contributed by atoms with Crippen molar-refractivity contribution >= 4 is 23.4 Å². The van der Waals surface area contributed by atoms with E-state index in [0.717, 1.165) is 5.56 Å². The van der Waals surface area contributed by atoms with Gasteiger partial charge in [-0.05, 0) is 49.7 Å². The Bertz CT molecular complexity index is 850. The van der Waals surface area contributed by atoms with Crippen LogP contribution in [-0.4, -0.2) is 40.2 Å². The van der Waals surface area contributed by atoms with E-state index in [-0.39, 0.29) is 36.1 Å². The summed E-state index contributed by atoms with van der Waals surface area (Å²) < 4.78 is 0. The molecule has 1 atom stereocenters. The molecule has 0 saturated carbocycles. The summed E-state index contributed by atoms with van der Waals surface area (Å²) in [6, 6.07) is 10.5. The van der Waals surface area contributed by atoms with Crippen LogP contribution in [0.5, 0.6) is 0 Å². The Labute approximate surface area is 164 Å². The van der Waals surface area contributed by atoms with Crippen LogP contribution in [0.3, 0.4) is 0 Å². The molecule has 7 heteroatoms. The van der Waals surface area contributed by atoms with Crippen molar-refractivity contribution in [3.8, 4) is 0 Å². The first-order chi connectivity index (χ1) is 13.4. The second-order valence-corrected chi connectivity index (χ2v) is 7.15. The number of hydrogen-bond acceptors (Lipinski definition) is 4. The number of rotatable bonds is 6. The van der Waals surface area contributed by atoms with Crippen LogP contribution in [0, 0.1) is 5.92 Å². The maximum absolute atomic E-state index is 12.4. The highest BCUT2D eigenvalue weighted by molar-refractivity contribution is 5.98. The minimum atomic E-state index is -0.350. The zero-order valence-electron chi connectivity index (χ0n) is 16.0. The first-order valence-corrected chi connectivity index (χ1v) is 9.31. The summed E-state index contributed by atoms with van der Waals surface area (Å²) in [7, 11) is 0. The molecule has 2 heterocycles. The largest absolute Gasteiger partial charge is 0.348 e. The van der Waals surface area contributed by atoms with Crippen molar-refractivity contribution in [3.05, 3.63) is 59.9 Å². The van der Waals surface area contributed by atoms with Gasteiger partial charge in [0.05, 0.1) is 5.92 Å². The molecule has 0 bridgehead atoms. The van der Waals surface area contributed by atoms with Crippen molar-refractivity contribution in [1.82, 2.24) is 15.2 Å². The Balaban J connectivity index is 1.53. The van der Waals surface area contributed by atoms with Gasteiger partial charge in [-0.15, -0.1) is 0 Å². The van der Waals surface area contributed by atoms with Gasteiger partial charge in [-0.1, -0.05) is 6.07 Å². The number of hydrogen-bond donors (Lipinski definition) is 2. The van der Waals surface area contributed by atoms with Gasteiger partial charge in [-0.3, -0.25) is 19.4 Å². The molecule has 28 heavy (non-hydrogen) atoms. The van der Waals surface area contributed by atoms with Gasteiger partial charge in [0.1, 0.15) is 0 Å². The normalized spacial score (nSPS) is 16.3. The number of carbonyl (C=O) groups is 3. The zero-order valence-corrected chi connectivity index (χ0v) is 16.0. The summed E-state index contributed by atoms with van der Waals surface area (Å²) in [5.41, 5.74) is 2.02. The number of nitrogens with one attached hydrogen (secondary N) is 2. The number of anilines is 1. The highest BCUT2D eigenvalue weighted by Crippen LogP contribution is 2.22. The third-order valence-electron chi connectivity index (χ3n) is 4.74. The standard InChI is InChI=1S/C21H24N4O3/c1-14(2)25-13-17(10-19(25)26)21(28)24-18-7-5-16(6-8-18)20(27)23-12-15-4-3-9-22-11-15/h3-9,11,14,17H,10,12-13H2,1-2H3,(H,23,27)(H,24,28). The molecule has 1 aromatic carbocycles. The number of aromatic nitrogens is 1. The molecule has 1 aliphatic rings. The van der Waals surface area contributed by atoms with Gasteiger partial charge in [-0.25, -0.2) is 0 Å². The van der Waals surface area contributed by atoms with Gasteiger partial charge in [0.15, 0.2) is 0 Å². The maximum atomic E-state index is 12.4. The third-order valence-corrected chi connectivity index (χ3v) is 4.74. The lowest BCUT2D eigenvalue weighted by Gasteiger charge is -2.20. The van der Waals surface area contributed by atoms with Crippen LogP contribution in [-0.2, 0) is 16.1 Å². The lowest BCUT2D eigenvalue weighted by molar-refractivity contribution is -0.129. The Morgan fingerprint density at radius 1 is 1.21 bits per heavy atom. The van der Waals surface area contributed by atoms with E-state index in [0.29, 0.717) is 24.3 Å². The molecule has 7 nitrogen and oxygen atoms in total. The van der Waals surface area contributed by atoms with Gasteiger partial charge in [0.2, 0.25) is 11.8 Å². The van der Waals surface area contributed by atoms with E-state index in [1.165, 1.54) is 0 Å². The van der Waals surface area contributed by atoms with E-state index < -0.39 is 0 Å². The summed E-state index contributed by atoms with van der Waals surface area (Å²) in [5, 5.41) is 5.66. The highest BCUT2D eigenvalue weighted by Gasteiger charge is 2.35. The molecule has 2 aromatic rings. The predicted molar refractivity (Wildman–Crippen MR) is 105 cm³/mol. The number of carbonyl (C=O) groups excluding carboxylic acids is 3. The lowest BCUT2D eigenvalue weighted by atomic mass is 10.1. The van der Waals surface area contributed by atoms with Gasteiger partial charge in [-0.2, -0.15) is 0 Å². The van der Waals surface area contributed by atoms with Crippen LogP contribution < -0.4 is 10.6 Å². The molecular formula is C21H24N4O3. The number of pyridine rings is 1. The van der Waals surface area contributed by atoms with Crippen molar-refractivity contribution in [1.29, 1.82) is 0 Å². The molecule has 0 radical (unpaired) electrons. The van der Waals surface area contributed by atoms with Crippen LogP contribution in [0.4, 0.5) is 5.69 Å². The molecule has 1 aliphatic heterocycles. The third kappa shape index (κ3) is 4.73. The molecule has 1 unspecified atom stereocenters. The van der Waals surface area contributed by atoms with Gasteiger partial charge >= 0.3 is 0 Å². The molecular weight excluding hydrogens is 356 g/mol. The fourth-order valence-corrected chi connectivity index (χ4v) is 3.14. The van der Waals surface area contributed by atoms with Crippen molar-refractivity contribution in [3.63, 3.8) is 0 Å². The smallest absolute Gasteiger partial charge is 0.251 e. The molecule has 1 aromatic heterocycles. The molecule has 1 saturated heterocycles. The second-order valence-electron chi connectivity index (χ2n) is 7.15. The van der Waals surface area contributed by atoms with Crippen LogP contribution in [0.2, 0.25) is 0 Å². The Morgan fingerprint density at radius 3 is 2.57 bits per heavy atom. The molecule has 0 spiro atoms. The summed E-state index contributed by atoms with van der Waals surface area (Å²) in [5.74, 6) is -0.714. The van der Waals surface area contributed by atoms with Crippen LogP contribution in [0.1, 0.15) is 36.2 Å². The highest BCUT2D eigenvalue weighted by atomic mass is 16.2. The summed E-state index contributed by atoms with van der Waals surface area (Å²) in [4.78, 5) is 42.4. The van der Waals surface area contributed by atoms with Crippen molar-refractivity contribution < 1.29 is 14.4 Å². The summed E-state index contributed by atoms with van der Waals surface area (Å²) in [6.45, 7) is 4.72. The molecule has 3 amide bonds. The van der Waals surface area contributed by atoms with Gasteiger partial charge in [0.25, 0.3) is 5.91 Å². The summed E-state index contributed by atoms with van der Waals surface area (Å²) >= 11 is 0. The maximum Gasteiger partial charge on any atom is 0.251 e. The topological polar surface area (TPSA) is 91.4 Å². The predicted octanol–water partition coefficient (Wildman–Crippen LogP) is 2.21. The van der Waals surface area contributed by atoms with E-state index in [9.17, 15) is 14.4 Å². The first-order valence-electron chi connectivity index (χ1n) is 9.31. The van der Waals surface area contributed by atoms with Crippen molar-refractivity contribution in [2.45, 2.75) is 32.9 Å². The quantitative estimate of drug-likeness (QED) is 0.804. The van der Waals surface area contributed by atoms with E-state index in [4.69, 9.17) is 0 Å². The van der Waals surface area contributed by atoms with Crippen molar-refractivity contribution in [2.75, 3.05) is 11.9 Å². The van der Waals surface area contributed by atoms with E-state index in [1.807, 2.05) is 26.0 Å². The Hall–Kier alpha value is -3.22. The van der Waals surface area contributed by atoms with Gasteiger partial charge in [0, 0.05) is 49.2 Å². The average molecular weight is 380 g/mol. The van der Waals surface area contributed by atoms with E-state index >= 15 is 0 Å². The SMILES string of the molecule is CC(C)N1CC(C(=O)Nc2ccc(C(=O)NCc3cccnc3)cc2)CC1=O. The van der Waals surface area contributed by atoms with Crippen LogP contribution in [0.25, 0.3) is 0 Å². The van der Waals surface area contributed by atoms with Crippen LogP contribution >= 0.6 is 0 Å². The van der Waals surface area contributed by atoms with Gasteiger partial charge < -0.3 is 15.5 Å².